The van der Waals surface area contributed by atoms with E-state index in [1.54, 1.807) is 0 Å². The number of nitrogens with one attached hydrogen (secondary N) is 2. The van der Waals surface area contributed by atoms with Gasteiger partial charge in [-0.2, -0.15) is 0 Å². The molecule has 19 heavy (non-hydrogen) atoms. The van der Waals surface area contributed by atoms with Crippen LogP contribution < -0.4 is 15.5 Å². The molecule has 0 saturated carbocycles. The lowest BCUT2D eigenvalue weighted by Crippen LogP contribution is -2.28. The molecule has 0 spiro atoms. The topological polar surface area (TPSA) is 44.4 Å². The highest BCUT2D eigenvalue weighted by molar-refractivity contribution is 9.10. The number of halogens is 1. The van der Waals surface area contributed by atoms with Gasteiger partial charge in [0, 0.05) is 36.6 Å². The molecule has 1 aliphatic heterocycles. The average Bonchev–Trinajstić information content (AvgIpc) is 2.62. The number of nitrogens with zero attached hydrogens (tertiary/aromatic N) is 1. The van der Waals surface area contributed by atoms with E-state index in [0.717, 1.165) is 23.2 Å². The highest BCUT2D eigenvalue weighted by atomic mass is 79.9. The van der Waals surface area contributed by atoms with Crippen LogP contribution >= 0.6 is 15.9 Å². The summed E-state index contributed by atoms with van der Waals surface area (Å²) < 4.78 is 1.08. The van der Waals surface area contributed by atoms with Gasteiger partial charge in [-0.25, -0.2) is 0 Å². The smallest absolute Gasteiger partial charge is 0.221 e. The lowest BCUT2D eigenvalue weighted by Gasteiger charge is -2.24. The molecule has 1 fully saturated rings. The van der Waals surface area contributed by atoms with Crippen molar-refractivity contribution in [1.82, 2.24) is 10.6 Å². The summed E-state index contributed by atoms with van der Waals surface area (Å²) >= 11 is 3.65. The van der Waals surface area contributed by atoms with E-state index in [4.69, 9.17) is 0 Å². The SMILES string of the molecule is CNC(C)c1ccc(N2CCNC(=O)CC2)c(Br)c1. The van der Waals surface area contributed by atoms with Crippen molar-refractivity contribution in [2.75, 3.05) is 31.6 Å². The number of anilines is 1. The standard InChI is InChI=1S/C14H20BrN3O/c1-10(16-2)11-3-4-13(12(15)9-11)18-7-5-14(19)17-6-8-18/h3-4,9-10,16H,5-8H2,1-2H3,(H,17,19). The van der Waals surface area contributed by atoms with Crippen molar-refractivity contribution in [1.29, 1.82) is 0 Å². The number of amides is 1. The number of benzene rings is 1. The molecule has 1 aliphatic rings. The molecule has 1 unspecified atom stereocenters. The monoisotopic (exact) mass is 325 g/mol. The minimum Gasteiger partial charge on any atom is -0.368 e. The van der Waals surface area contributed by atoms with Gasteiger partial charge >= 0.3 is 0 Å². The van der Waals surface area contributed by atoms with Crippen LogP contribution in [0.25, 0.3) is 0 Å². The molecule has 1 amide bonds. The lowest BCUT2D eigenvalue weighted by molar-refractivity contribution is -0.120. The Morgan fingerprint density at radius 2 is 2.21 bits per heavy atom. The minimum absolute atomic E-state index is 0.138. The number of hydrogen-bond donors (Lipinski definition) is 2. The Morgan fingerprint density at radius 3 is 2.89 bits per heavy atom. The van der Waals surface area contributed by atoms with Crippen molar-refractivity contribution >= 4 is 27.5 Å². The van der Waals surface area contributed by atoms with Crippen LogP contribution in [-0.2, 0) is 4.79 Å². The third-order valence-corrected chi connectivity index (χ3v) is 4.19. The van der Waals surface area contributed by atoms with E-state index in [9.17, 15) is 4.79 Å². The zero-order chi connectivity index (χ0) is 13.8. The third kappa shape index (κ3) is 3.48. The van der Waals surface area contributed by atoms with E-state index in [-0.39, 0.29) is 5.91 Å². The van der Waals surface area contributed by atoms with Gasteiger partial charge < -0.3 is 15.5 Å². The van der Waals surface area contributed by atoms with Crippen molar-refractivity contribution in [3.05, 3.63) is 28.2 Å². The molecule has 104 valence electrons. The lowest BCUT2D eigenvalue weighted by atomic mass is 10.1. The summed E-state index contributed by atoms with van der Waals surface area (Å²) in [5.74, 6) is 0.138. The van der Waals surface area contributed by atoms with E-state index in [1.165, 1.54) is 5.56 Å². The first-order valence-electron chi connectivity index (χ1n) is 6.60. The Morgan fingerprint density at radius 1 is 1.42 bits per heavy atom. The zero-order valence-corrected chi connectivity index (χ0v) is 13.0. The summed E-state index contributed by atoms with van der Waals surface area (Å²) in [4.78, 5) is 13.6. The van der Waals surface area contributed by atoms with Gasteiger partial charge in [0.1, 0.15) is 0 Å². The Balaban J connectivity index is 2.18. The van der Waals surface area contributed by atoms with Gasteiger partial charge in [0.25, 0.3) is 0 Å². The second kappa shape index (κ2) is 6.39. The van der Waals surface area contributed by atoms with Crippen LogP contribution in [0.15, 0.2) is 22.7 Å². The summed E-state index contributed by atoms with van der Waals surface area (Å²) in [5, 5.41) is 6.13. The van der Waals surface area contributed by atoms with E-state index < -0.39 is 0 Å². The Hall–Kier alpha value is -1.07. The number of rotatable bonds is 3. The minimum atomic E-state index is 0.138. The van der Waals surface area contributed by atoms with Crippen molar-refractivity contribution in [3.8, 4) is 0 Å². The fourth-order valence-corrected chi connectivity index (χ4v) is 2.87. The molecule has 0 bridgehead atoms. The molecule has 1 atom stereocenters. The van der Waals surface area contributed by atoms with E-state index in [1.807, 2.05) is 7.05 Å². The predicted molar refractivity (Wildman–Crippen MR) is 81.5 cm³/mol. The van der Waals surface area contributed by atoms with Gasteiger partial charge in [0.05, 0.1) is 5.69 Å². The molecule has 0 aliphatic carbocycles. The molecule has 1 saturated heterocycles. The summed E-state index contributed by atoms with van der Waals surface area (Å²) in [7, 11) is 1.96. The summed E-state index contributed by atoms with van der Waals surface area (Å²) in [6.07, 6.45) is 0.557. The van der Waals surface area contributed by atoms with E-state index >= 15 is 0 Å². The van der Waals surface area contributed by atoms with Gasteiger partial charge in [-0.1, -0.05) is 6.07 Å². The second-order valence-electron chi connectivity index (χ2n) is 4.81. The molecule has 1 heterocycles. The maximum Gasteiger partial charge on any atom is 0.221 e. The van der Waals surface area contributed by atoms with Gasteiger partial charge in [0.2, 0.25) is 5.91 Å². The molecule has 2 rings (SSSR count). The molecular formula is C14H20BrN3O. The molecule has 4 nitrogen and oxygen atoms in total. The highest BCUT2D eigenvalue weighted by Crippen LogP contribution is 2.29. The summed E-state index contributed by atoms with van der Waals surface area (Å²) in [6, 6.07) is 6.75. The Kier molecular flexibility index (Phi) is 4.82. The molecule has 2 N–H and O–H groups in total. The van der Waals surface area contributed by atoms with Gasteiger partial charge in [-0.3, -0.25) is 4.79 Å². The highest BCUT2D eigenvalue weighted by Gasteiger charge is 2.16. The first kappa shape index (κ1) is 14.3. The van der Waals surface area contributed by atoms with Gasteiger partial charge in [-0.05, 0) is 47.6 Å². The Bertz CT molecular complexity index is 464. The molecule has 5 heteroatoms. The summed E-state index contributed by atoms with van der Waals surface area (Å²) in [5.41, 5.74) is 2.41. The second-order valence-corrected chi connectivity index (χ2v) is 5.66. The predicted octanol–water partition coefficient (Wildman–Crippen LogP) is 2.06. The number of carbonyl (C=O) groups excluding carboxylic acids is 1. The quantitative estimate of drug-likeness (QED) is 0.894. The third-order valence-electron chi connectivity index (χ3n) is 3.56. The van der Waals surface area contributed by atoms with Crippen LogP contribution in [0.3, 0.4) is 0 Å². The number of carbonyl (C=O) groups is 1. The number of hydrogen-bond acceptors (Lipinski definition) is 3. The first-order valence-corrected chi connectivity index (χ1v) is 7.39. The van der Waals surface area contributed by atoms with Gasteiger partial charge in [0.15, 0.2) is 0 Å². The average molecular weight is 326 g/mol. The van der Waals surface area contributed by atoms with Crippen LogP contribution in [0.2, 0.25) is 0 Å². The van der Waals surface area contributed by atoms with E-state index in [2.05, 4.69) is 56.6 Å². The van der Waals surface area contributed by atoms with Crippen LogP contribution in [0.4, 0.5) is 5.69 Å². The molecule has 1 aromatic rings. The largest absolute Gasteiger partial charge is 0.368 e. The summed E-state index contributed by atoms with van der Waals surface area (Å²) in [6.45, 7) is 4.46. The first-order chi connectivity index (χ1) is 9.11. The Labute approximate surface area is 122 Å². The normalized spacial score (nSPS) is 17.8. The van der Waals surface area contributed by atoms with Crippen molar-refractivity contribution in [2.45, 2.75) is 19.4 Å². The maximum atomic E-state index is 11.4. The zero-order valence-electron chi connectivity index (χ0n) is 11.4. The molecule has 0 aromatic heterocycles. The van der Waals surface area contributed by atoms with Gasteiger partial charge in [-0.15, -0.1) is 0 Å². The van der Waals surface area contributed by atoms with E-state index in [0.29, 0.717) is 19.0 Å². The molecule has 1 aromatic carbocycles. The van der Waals surface area contributed by atoms with Crippen LogP contribution in [0.1, 0.15) is 24.9 Å². The van der Waals surface area contributed by atoms with Crippen molar-refractivity contribution in [3.63, 3.8) is 0 Å². The van der Waals surface area contributed by atoms with Crippen LogP contribution in [-0.4, -0.2) is 32.6 Å². The fourth-order valence-electron chi connectivity index (χ4n) is 2.22. The maximum absolute atomic E-state index is 11.4. The van der Waals surface area contributed by atoms with Crippen LogP contribution in [0, 0.1) is 0 Å². The van der Waals surface area contributed by atoms with Crippen molar-refractivity contribution in [2.24, 2.45) is 0 Å². The van der Waals surface area contributed by atoms with Crippen LogP contribution in [0.5, 0.6) is 0 Å². The fraction of sp³-hybridized carbons (Fsp3) is 0.500. The molecule has 0 radical (unpaired) electrons. The molecular weight excluding hydrogens is 306 g/mol. The van der Waals surface area contributed by atoms with Crippen molar-refractivity contribution < 1.29 is 4.79 Å².